The Bertz CT molecular complexity index is 445. The number of amides is 1. The van der Waals surface area contributed by atoms with E-state index >= 15 is 0 Å². The van der Waals surface area contributed by atoms with Crippen molar-refractivity contribution in [1.29, 1.82) is 0 Å². The molecule has 0 rings (SSSR count). The lowest BCUT2D eigenvalue weighted by atomic mass is 9.98. The molecule has 0 aromatic heterocycles. The fourth-order valence-electron chi connectivity index (χ4n) is 1.20. The standard InChI is InChI=1S/C14H23NO7S/c1-6-20-11(17)10(15-9(2)16)7-23-13(19)22-8-21-12(18)14(3,4)5/h10H,6-8H2,1-5H3,(H,15,16)/t10-/m0/s1. The number of nitrogens with one attached hydrogen (secondary N) is 1. The highest BCUT2D eigenvalue weighted by Crippen LogP contribution is 2.15. The minimum Gasteiger partial charge on any atom is -0.464 e. The predicted octanol–water partition coefficient (Wildman–Crippen LogP) is 1.47. The molecular formula is C14H23NO7S. The normalized spacial score (nSPS) is 12.0. The van der Waals surface area contributed by atoms with Crippen molar-refractivity contribution in [2.24, 2.45) is 5.41 Å². The number of carbonyl (C=O) groups is 4. The van der Waals surface area contributed by atoms with Crippen LogP contribution in [0.1, 0.15) is 34.6 Å². The van der Waals surface area contributed by atoms with Gasteiger partial charge < -0.3 is 19.5 Å². The summed E-state index contributed by atoms with van der Waals surface area (Å²) in [5, 5.41) is 1.66. The van der Waals surface area contributed by atoms with Crippen molar-refractivity contribution in [3.8, 4) is 0 Å². The topological polar surface area (TPSA) is 108 Å². The quantitative estimate of drug-likeness (QED) is 0.544. The average molecular weight is 349 g/mol. The molecule has 8 nitrogen and oxygen atoms in total. The van der Waals surface area contributed by atoms with E-state index < -0.39 is 41.4 Å². The van der Waals surface area contributed by atoms with E-state index in [4.69, 9.17) is 14.2 Å². The van der Waals surface area contributed by atoms with Gasteiger partial charge in [-0.25, -0.2) is 9.59 Å². The van der Waals surface area contributed by atoms with Crippen molar-refractivity contribution in [3.63, 3.8) is 0 Å². The molecule has 0 saturated heterocycles. The maximum absolute atomic E-state index is 11.6. The Balaban J connectivity index is 4.24. The van der Waals surface area contributed by atoms with E-state index in [1.165, 1.54) is 6.92 Å². The smallest absolute Gasteiger partial charge is 0.370 e. The summed E-state index contributed by atoms with van der Waals surface area (Å²) in [4.78, 5) is 45.7. The molecular weight excluding hydrogens is 326 g/mol. The summed E-state index contributed by atoms with van der Waals surface area (Å²) >= 11 is 0.672. The Labute approximate surface area is 139 Å². The van der Waals surface area contributed by atoms with E-state index in [0.29, 0.717) is 11.8 Å². The highest BCUT2D eigenvalue weighted by molar-refractivity contribution is 8.13. The Morgan fingerprint density at radius 3 is 2.17 bits per heavy atom. The summed E-state index contributed by atoms with van der Waals surface area (Å²) in [5.41, 5.74) is -0.694. The molecule has 0 aliphatic heterocycles. The molecule has 1 amide bonds. The monoisotopic (exact) mass is 349 g/mol. The first kappa shape index (κ1) is 21.2. The highest BCUT2D eigenvalue weighted by Gasteiger charge is 2.24. The Kier molecular flexibility index (Phi) is 9.31. The molecule has 0 aliphatic rings. The maximum atomic E-state index is 11.6. The second-order valence-electron chi connectivity index (χ2n) is 5.51. The fraction of sp³-hybridized carbons (Fsp3) is 0.714. The molecule has 0 heterocycles. The second kappa shape index (κ2) is 10.1. The summed E-state index contributed by atoms with van der Waals surface area (Å²) in [5.74, 6) is -1.61. The van der Waals surface area contributed by atoms with Crippen LogP contribution >= 0.6 is 11.8 Å². The molecule has 0 spiro atoms. The van der Waals surface area contributed by atoms with Crippen LogP contribution in [0.15, 0.2) is 0 Å². The lowest BCUT2D eigenvalue weighted by molar-refractivity contribution is -0.160. The van der Waals surface area contributed by atoms with Crippen LogP contribution in [0.3, 0.4) is 0 Å². The molecule has 1 atom stereocenters. The van der Waals surface area contributed by atoms with Crippen LogP contribution in [-0.4, -0.2) is 48.3 Å². The van der Waals surface area contributed by atoms with Gasteiger partial charge >= 0.3 is 17.2 Å². The maximum Gasteiger partial charge on any atom is 0.370 e. The van der Waals surface area contributed by atoms with Gasteiger partial charge in [0, 0.05) is 12.7 Å². The molecule has 0 saturated carbocycles. The first-order chi connectivity index (χ1) is 10.6. The SMILES string of the molecule is CCOC(=O)[C@H](CSC(=O)OCOC(=O)C(C)(C)C)NC(C)=O. The van der Waals surface area contributed by atoms with Gasteiger partial charge in [0.05, 0.1) is 12.0 Å². The number of esters is 2. The molecule has 0 aromatic carbocycles. The van der Waals surface area contributed by atoms with Crippen molar-refractivity contribution in [2.75, 3.05) is 19.2 Å². The van der Waals surface area contributed by atoms with Gasteiger partial charge in [0.2, 0.25) is 12.7 Å². The predicted molar refractivity (Wildman–Crippen MR) is 83.6 cm³/mol. The molecule has 0 aliphatic carbocycles. The average Bonchev–Trinajstić information content (AvgIpc) is 2.42. The summed E-state index contributed by atoms with van der Waals surface area (Å²) in [6.07, 6.45) is 0. The minimum absolute atomic E-state index is 0.0511. The van der Waals surface area contributed by atoms with Gasteiger partial charge in [-0.1, -0.05) is 0 Å². The zero-order valence-corrected chi connectivity index (χ0v) is 14.8. The molecule has 9 heteroatoms. The van der Waals surface area contributed by atoms with Crippen molar-refractivity contribution >= 4 is 34.9 Å². The molecule has 0 radical (unpaired) electrons. The third kappa shape index (κ3) is 9.77. The fourth-order valence-corrected chi connectivity index (χ4v) is 1.85. The number of ether oxygens (including phenoxy) is 3. The summed E-state index contributed by atoms with van der Waals surface area (Å²) in [7, 11) is 0. The third-order valence-electron chi connectivity index (χ3n) is 2.30. The number of hydrogen-bond acceptors (Lipinski definition) is 8. The zero-order chi connectivity index (χ0) is 18.0. The number of carbonyl (C=O) groups excluding carboxylic acids is 4. The van der Waals surface area contributed by atoms with Crippen LogP contribution in [0.2, 0.25) is 0 Å². The molecule has 23 heavy (non-hydrogen) atoms. The molecule has 0 unspecified atom stereocenters. The second-order valence-corrected chi connectivity index (χ2v) is 6.47. The zero-order valence-electron chi connectivity index (χ0n) is 14.0. The van der Waals surface area contributed by atoms with E-state index in [9.17, 15) is 19.2 Å². The molecule has 0 bridgehead atoms. The van der Waals surface area contributed by atoms with Crippen molar-refractivity contribution in [2.45, 2.75) is 40.7 Å². The van der Waals surface area contributed by atoms with Crippen molar-refractivity contribution in [1.82, 2.24) is 5.32 Å². The summed E-state index contributed by atoms with van der Waals surface area (Å²) in [6.45, 7) is 7.55. The highest BCUT2D eigenvalue weighted by atomic mass is 32.2. The van der Waals surface area contributed by atoms with E-state index in [2.05, 4.69) is 5.32 Å². The molecule has 0 aromatic rings. The number of rotatable bonds is 7. The first-order valence-electron chi connectivity index (χ1n) is 6.98. The van der Waals surface area contributed by atoms with E-state index in [0.717, 1.165) is 0 Å². The van der Waals surface area contributed by atoms with Gasteiger partial charge in [-0.05, 0) is 39.5 Å². The molecule has 1 N–H and O–H groups in total. The number of hydrogen-bond donors (Lipinski definition) is 1. The van der Waals surface area contributed by atoms with Gasteiger partial charge in [0.15, 0.2) is 0 Å². The van der Waals surface area contributed by atoms with Crippen molar-refractivity contribution < 1.29 is 33.4 Å². The van der Waals surface area contributed by atoms with Gasteiger partial charge in [-0.3, -0.25) is 9.59 Å². The van der Waals surface area contributed by atoms with Crippen LogP contribution in [0.4, 0.5) is 4.79 Å². The van der Waals surface area contributed by atoms with E-state index in [-0.39, 0.29) is 12.4 Å². The van der Waals surface area contributed by atoms with Gasteiger partial charge in [-0.2, -0.15) is 0 Å². The van der Waals surface area contributed by atoms with Crippen LogP contribution in [0.5, 0.6) is 0 Å². The van der Waals surface area contributed by atoms with Crippen molar-refractivity contribution in [3.05, 3.63) is 0 Å². The summed E-state index contributed by atoms with van der Waals surface area (Å²) < 4.78 is 14.3. The Morgan fingerprint density at radius 2 is 1.70 bits per heavy atom. The third-order valence-corrected chi connectivity index (χ3v) is 3.15. The minimum atomic E-state index is -0.956. The lowest BCUT2D eigenvalue weighted by Gasteiger charge is -2.17. The van der Waals surface area contributed by atoms with Crippen LogP contribution in [-0.2, 0) is 28.6 Å². The van der Waals surface area contributed by atoms with Gasteiger partial charge in [0.1, 0.15) is 6.04 Å². The Hall–Kier alpha value is -1.77. The van der Waals surface area contributed by atoms with Gasteiger partial charge in [0.25, 0.3) is 0 Å². The summed E-state index contributed by atoms with van der Waals surface area (Å²) in [6, 6.07) is -0.956. The molecule has 0 fully saturated rings. The van der Waals surface area contributed by atoms with E-state index in [1.54, 1.807) is 27.7 Å². The van der Waals surface area contributed by atoms with Crippen LogP contribution < -0.4 is 5.32 Å². The lowest BCUT2D eigenvalue weighted by Crippen LogP contribution is -2.42. The molecule has 132 valence electrons. The number of thioether (sulfide) groups is 1. The first-order valence-corrected chi connectivity index (χ1v) is 7.97. The van der Waals surface area contributed by atoms with Crippen LogP contribution in [0, 0.1) is 5.41 Å². The largest absolute Gasteiger partial charge is 0.464 e. The van der Waals surface area contributed by atoms with Gasteiger partial charge in [-0.15, -0.1) is 0 Å². The Morgan fingerprint density at radius 1 is 1.09 bits per heavy atom. The van der Waals surface area contributed by atoms with Crippen LogP contribution in [0.25, 0.3) is 0 Å². The van der Waals surface area contributed by atoms with E-state index in [1.807, 2.05) is 0 Å².